The van der Waals surface area contributed by atoms with E-state index in [-0.39, 0.29) is 6.10 Å². The van der Waals surface area contributed by atoms with Crippen molar-refractivity contribution in [1.29, 1.82) is 0 Å². The number of fused-ring (bicyclic) bond motifs is 1. The Balaban J connectivity index is 2.18. The standard InChI is InChI=1S/C9H17NO2/c1-6(2)7-5-11-8-3-4-12-9(7,8)10/h6-8H,3-5,10H2,1-2H3/t7?,8-,9-/m1/s1. The number of hydrogen-bond donors (Lipinski definition) is 1. The van der Waals surface area contributed by atoms with Crippen LogP contribution in [0.3, 0.4) is 0 Å². The van der Waals surface area contributed by atoms with E-state index >= 15 is 0 Å². The van der Waals surface area contributed by atoms with Gasteiger partial charge in [-0.15, -0.1) is 0 Å². The molecule has 0 amide bonds. The summed E-state index contributed by atoms with van der Waals surface area (Å²) in [5.74, 6) is 0.906. The number of nitrogens with two attached hydrogens (primary N) is 1. The highest BCUT2D eigenvalue weighted by atomic mass is 16.6. The number of hydrogen-bond acceptors (Lipinski definition) is 3. The summed E-state index contributed by atoms with van der Waals surface area (Å²) in [5.41, 5.74) is 5.68. The average molecular weight is 171 g/mol. The van der Waals surface area contributed by atoms with E-state index in [4.69, 9.17) is 15.2 Å². The van der Waals surface area contributed by atoms with Crippen LogP contribution in [0.15, 0.2) is 0 Å². The third kappa shape index (κ3) is 1.00. The molecule has 0 spiro atoms. The largest absolute Gasteiger partial charge is 0.373 e. The van der Waals surface area contributed by atoms with Crippen LogP contribution < -0.4 is 5.73 Å². The van der Waals surface area contributed by atoms with Crippen molar-refractivity contribution in [1.82, 2.24) is 0 Å². The van der Waals surface area contributed by atoms with Crippen LogP contribution in [-0.2, 0) is 9.47 Å². The van der Waals surface area contributed by atoms with Gasteiger partial charge in [-0.1, -0.05) is 13.8 Å². The summed E-state index contributed by atoms with van der Waals surface area (Å²) in [6, 6.07) is 0. The van der Waals surface area contributed by atoms with Gasteiger partial charge in [0.2, 0.25) is 0 Å². The highest BCUT2D eigenvalue weighted by Gasteiger charge is 2.53. The van der Waals surface area contributed by atoms with Gasteiger partial charge in [0.1, 0.15) is 11.8 Å². The molecule has 2 saturated heterocycles. The zero-order valence-electron chi connectivity index (χ0n) is 7.75. The summed E-state index contributed by atoms with van der Waals surface area (Å²) in [6.45, 7) is 5.86. The van der Waals surface area contributed by atoms with Gasteiger partial charge in [-0.2, -0.15) is 0 Å². The summed E-state index contributed by atoms with van der Waals surface area (Å²) in [5, 5.41) is 0. The van der Waals surface area contributed by atoms with Gasteiger partial charge in [0.15, 0.2) is 0 Å². The second-order valence-electron chi connectivity index (χ2n) is 4.16. The fraction of sp³-hybridized carbons (Fsp3) is 1.00. The lowest BCUT2D eigenvalue weighted by Gasteiger charge is -2.30. The zero-order valence-corrected chi connectivity index (χ0v) is 7.75. The van der Waals surface area contributed by atoms with Crippen molar-refractivity contribution < 1.29 is 9.47 Å². The van der Waals surface area contributed by atoms with Crippen molar-refractivity contribution in [2.45, 2.75) is 32.1 Å². The number of ether oxygens (including phenoxy) is 2. The summed E-state index contributed by atoms with van der Waals surface area (Å²) in [6.07, 6.45) is 1.10. The molecular formula is C9H17NO2. The summed E-state index contributed by atoms with van der Waals surface area (Å²) in [4.78, 5) is 0. The Kier molecular flexibility index (Phi) is 1.90. The van der Waals surface area contributed by atoms with Gasteiger partial charge in [-0.3, -0.25) is 0 Å². The fourth-order valence-electron chi connectivity index (χ4n) is 2.28. The molecule has 12 heavy (non-hydrogen) atoms. The van der Waals surface area contributed by atoms with Crippen LogP contribution in [-0.4, -0.2) is 25.0 Å². The molecule has 3 heteroatoms. The first kappa shape index (κ1) is 8.48. The zero-order chi connectivity index (χ0) is 8.77. The van der Waals surface area contributed by atoms with Crippen LogP contribution >= 0.6 is 0 Å². The highest BCUT2D eigenvalue weighted by Crippen LogP contribution is 2.40. The molecule has 3 atom stereocenters. The van der Waals surface area contributed by atoms with Gasteiger partial charge in [0.05, 0.1) is 13.2 Å². The summed E-state index contributed by atoms with van der Waals surface area (Å²) >= 11 is 0. The Labute approximate surface area is 73.2 Å². The first-order valence-corrected chi connectivity index (χ1v) is 4.69. The van der Waals surface area contributed by atoms with Crippen molar-refractivity contribution in [2.75, 3.05) is 13.2 Å². The molecule has 0 aliphatic carbocycles. The normalized spacial score (nSPS) is 47.0. The van der Waals surface area contributed by atoms with Crippen molar-refractivity contribution in [3.8, 4) is 0 Å². The molecule has 2 fully saturated rings. The molecule has 0 aromatic heterocycles. The van der Waals surface area contributed by atoms with E-state index in [1.807, 2.05) is 0 Å². The van der Waals surface area contributed by atoms with Crippen LogP contribution in [0.2, 0.25) is 0 Å². The maximum absolute atomic E-state index is 6.16. The van der Waals surface area contributed by atoms with Crippen LogP contribution in [0.25, 0.3) is 0 Å². The SMILES string of the molecule is CC(C)C1CO[C@@H]2CCO[C@]12N. The second-order valence-corrected chi connectivity index (χ2v) is 4.16. The maximum atomic E-state index is 6.16. The molecule has 0 bridgehead atoms. The highest BCUT2D eigenvalue weighted by molar-refractivity contribution is 4.99. The van der Waals surface area contributed by atoms with E-state index in [1.54, 1.807) is 0 Å². The van der Waals surface area contributed by atoms with E-state index in [0.29, 0.717) is 11.8 Å². The Morgan fingerprint density at radius 2 is 2.25 bits per heavy atom. The third-order valence-corrected chi connectivity index (χ3v) is 3.10. The topological polar surface area (TPSA) is 44.5 Å². The molecule has 2 rings (SSSR count). The first-order valence-electron chi connectivity index (χ1n) is 4.69. The smallest absolute Gasteiger partial charge is 0.148 e. The van der Waals surface area contributed by atoms with Gasteiger partial charge in [-0.25, -0.2) is 0 Å². The minimum Gasteiger partial charge on any atom is -0.373 e. The molecule has 2 aliphatic heterocycles. The lowest BCUT2D eigenvalue weighted by Crippen LogP contribution is -2.52. The monoisotopic (exact) mass is 171 g/mol. The first-order chi connectivity index (χ1) is 5.64. The van der Waals surface area contributed by atoms with Crippen LogP contribution in [0.5, 0.6) is 0 Å². The molecule has 2 N–H and O–H groups in total. The van der Waals surface area contributed by atoms with E-state index < -0.39 is 5.72 Å². The molecule has 0 saturated carbocycles. The molecule has 2 aliphatic rings. The van der Waals surface area contributed by atoms with E-state index in [1.165, 1.54) is 0 Å². The minimum absolute atomic E-state index is 0.143. The van der Waals surface area contributed by atoms with E-state index in [9.17, 15) is 0 Å². The van der Waals surface area contributed by atoms with Crippen molar-refractivity contribution in [3.05, 3.63) is 0 Å². The van der Waals surface area contributed by atoms with Crippen LogP contribution in [0.1, 0.15) is 20.3 Å². The summed E-state index contributed by atoms with van der Waals surface area (Å²) < 4.78 is 11.2. The van der Waals surface area contributed by atoms with Crippen molar-refractivity contribution >= 4 is 0 Å². The third-order valence-electron chi connectivity index (χ3n) is 3.10. The Bertz CT molecular complexity index is 183. The van der Waals surface area contributed by atoms with Gasteiger partial charge in [0, 0.05) is 12.3 Å². The van der Waals surface area contributed by atoms with Gasteiger partial charge < -0.3 is 15.2 Å². The maximum Gasteiger partial charge on any atom is 0.148 e. The summed E-state index contributed by atoms with van der Waals surface area (Å²) in [7, 11) is 0. The molecular weight excluding hydrogens is 154 g/mol. The van der Waals surface area contributed by atoms with Crippen molar-refractivity contribution in [3.63, 3.8) is 0 Å². The molecule has 70 valence electrons. The minimum atomic E-state index is -0.478. The molecule has 2 heterocycles. The van der Waals surface area contributed by atoms with Gasteiger partial charge in [0.25, 0.3) is 0 Å². The lowest BCUT2D eigenvalue weighted by atomic mass is 9.86. The Hall–Kier alpha value is -0.120. The van der Waals surface area contributed by atoms with Gasteiger partial charge >= 0.3 is 0 Å². The Morgan fingerprint density at radius 1 is 1.50 bits per heavy atom. The van der Waals surface area contributed by atoms with Crippen molar-refractivity contribution in [2.24, 2.45) is 17.6 Å². The predicted molar refractivity (Wildman–Crippen MR) is 45.6 cm³/mol. The predicted octanol–water partition coefficient (Wildman–Crippen LogP) is 0.733. The quantitative estimate of drug-likeness (QED) is 0.632. The van der Waals surface area contributed by atoms with Gasteiger partial charge in [-0.05, 0) is 5.92 Å². The second kappa shape index (κ2) is 2.69. The average Bonchev–Trinajstić information content (AvgIpc) is 2.42. The van der Waals surface area contributed by atoms with E-state index in [0.717, 1.165) is 19.6 Å². The van der Waals surface area contributed by atoms with Crippen LogP contribution in [0.4, 0.5) is 0 Å². The number of rotatable bonds is 1. The Morgan fingerprint density at radius 3 is 2.92 bits per heavy atom. The van der Waals surface area contributed by atoms with Crippen LogP contribution in [0, 0.1) is 11.8 Å². The molecule has 0 radical (unpaired) electrons. The molecule has 0 aromatic rings. The lowest BCUT2D eigenvalue weighted by molar-refractivity contribution is -0.0478. The molecule has 3 nitrogen and oxygen atoms in total. The fourth-order valence-corrected chi connectivity index (χ4v) is 2.28. The molecule has 1 unspecified atom stereocenters. The molecule has 0 aromatic carbocycles. The van der Waals surface area contributed by atoms with E-state index in [2.05, 4.69) is 13.8 Å².